The highest BCUT2D eigenvalue weighted by Gasteiger charge is 2.30. The lowest BCUT2D eigenvalue weighted by molar-refractivity contribution is 0.229. The second kappa shape index (κ2) is 12.3. The first-order chi connectivity index (χ1) is 10.5. The highest BCUT2D eigenvalue weighted by atomic mass is 14.3. The van der Waals surface area contributed by atoms with Crippen LogP contribution in [-0.4, -0.2) is 0 Å². The van der Waals surface area contributed by atoms with Gasteiger partial charge in [0.05, 0.1) is 0 Å². The molecule has 1 atom stereocenters. The van der Waals surface area contributed by atoms with Crippen molar-refractivity contribution in [3.05, 3.63) is 41.0 Å². The Bertz CT molecular complexity index is 478. The van der Waals surface area contributed by atoms with Crippen LogP contribution in [0.25, 0.3) is 6.08 Å². The maximum Gasteiger partial charge on any atom is -0.0108 e. The Kier molecular flexibility index (Phi) is 14.2. The number of rotatable bonds is 4. The van der Waals surface area contributed by atoms with Gasteiger partial charge in [-0.15, -0.1) is 0 Å². The molecule has 0 aromatic heterocycles. The molecular weight excluding hydrogens is 300 g/mol. The predicted octanol–water partition coefficient (Wildman–Crippen LogP) is 9.28. The minimum absolute atomic E-state index is 0. The van der Waals surface area contributed by atoms with Gasteiger partial charge in [-0.25, -0.2) is 0 Å². The van der Waals surface area contributed by atoms with Crippen molar-refractivity contribution in [1.82, 2.24) is 0 Å². The van der Waals surface area contributed by atoms with E-state index in [0.29, 0.717) is 16.7 Å². The largest absolute Gasteiger partial charge is 0.0842 e. The Hall–Kier alpha value is -1.04. The van der Waals surface area contributed by atoms with Gasteiger partial charge in [0.1, 0.15) is 0 Å². The molecule has 0 N–H and O–H groups in total. The van der Waals surface area contributed by atoms with Gasteiger partial charge in [-0.2, -0.15) is 0 Å². The summed E-state index contributed by atoms with van der Waals surface area (Å²) in [7, 11) is 0. The zero-order valence-electron chi connectivity index (χ0n) is 17.4. The summed E-state index contributed by atoms with van der Waals surface area (Å²) in [5, 5.41) is 0. The minimum atomic E-state index is 0. The standard InChI is InChI=1S/C21H34.C2H6.2CH4/c1-9-10-11-17-12-13-18(14-16(17)2)19(21(6,7)8)15-20(3,4)5;1-2;;/h10-14,19H,9,15H2,1-8H3;1-2H3;2*1H4/b11-10-;;;. The first-order valence-corrected chi connectivity index (χ1v) is 9.31. The highest BCUT2D eigenvalue weighted by molar-refractivity contribution is 5.54. The van der Waals surface area contributed by atoms with Crippen molar-refractivity contribution in [2.75, 3.05) is 0 Å². The van der Waals surface area contributed by atoms with Crippen LogP contribution in [0, 0.1) is 17.8 Å². The molecule has 1 rings (SSSR count). The fraction of sp³-hybridized carbons (Fsp3) is 0.680. The van der Waals surface area contributed by atoms with Gasteiger partial charge in [-0.05, 0) is 53.2 Å². The molecule has 1 unspecified atom stereocenters. The van der Waals surface area contributed by atoms with Crippen molar-refractivity contribution < 1.29 is 0 Å². The predicted molar refractivity (Wildman–Crippen MR) is 122 cm³/mol. The molecule has 0 bridgehead atoms. The average molecular weight is 349 g/mol. The second-order valence-electron chi connectivity index (χ2n) is 8.61. The Labute approximate surface area is 161 Å². The zero-order valence-corrected chi connectivity index (χ0v) is 17.4. The van der Waals surface area contributed by atoms with Crippen LogP contribution in [-0.2, 0) is 0 Å². The number of allylic oxidation sites excluding steroid dienone is 1. The summed E-state index contributed by atoms with van der Waals surface area (Å²) in [6.45, 7) is 22.5. The first-order valence-electron chi connectivity index (χ1n) is 9.31. The Morgan fingerprint density at radius 1 is 0.960 bits per heavy atom. The van der Waals surface area contributed by atoms with Crippen molar-refractivity contribution in [2.45, 2.75) is 103 Å². The Morgan fingerprint density at radius 2 is 1.48 bits per heavy atom. The van der Waals surface area contributed by atoms with E-state index < -0.39 is 0 Å². The van der Waals surface area contributed by atoms with Crippen LogP contribution in [0.4, 0.5) is 0 Å². The van der Waals surface area contributed by atoms with Crippen molar-refractivity contribution in [2.24, 2.45) is 10.8 Å². The second-order valence-corrected chi connectivity index (χ2v) is 8.61. The highest BCUT2D eigenvalue weighted by Crippen LogP contribution is 2.43. The average Bonchev–Trinajstić information content (AvgIpc) is 2.43. The van der Waals surface area contributed by atoms with E-state index in [0.717, 1.165) is 6.42 Å². The third kappa shape index (κ3) is 10.5. The summed E-state index contributed by atoms with van der Waals surface area (Å²) in [4.78, 5) is 0. The summed E-state index contributed by atoms with van der Waals surface area (Å²) in [6, 6.07) is 7.03. The van der Waals surface area contributed by atoms with Crippen molar-refractivity contribution in [1.29, 1.82) is 0 Å². The van der Waals surface area contributed by atoms with Gasteiger partial charge in [0.2, 0.25) is 0 Å². The first kappa shape index (κ1) is 28.8. The van der Waals surface area contributed by atoms with E-state index in [9.17, 15) is 0 Å². The molecule has 0 radical (unpaired) electrons. The van der Waals surface area contributed by atoms with Crippen LogP contribution in [0.1, 0.15) is 113 Å². The van der Waals surface area contributed by atoms with Crippen LogP contribution in [0.5, 0.6) is 0 Å². The van der Waals surface area contributed by atoms with E-state index in [2.05, 4.69) is 85.7 Å². The lowest BCUT2D eigenvalue weighted by Gasteiger charge is -2.36. The maximum atomic E-state index is 2.40. The smallest absolute Gasteiger partial charge is 0.0108 e. The number of aryl methyl sites for hydroxylation is 1. The summed E-state index contributed by atoms with van der Waals surface area (Å²) in [5.41, 5.74) is 4.88. The summed E-state index contributed by atoms with van der Waals surface area (Å²) < 4.78 is 0. The van der Waals surface area contributed by atoms with Gasteiger partial charge in [0.15, 0.2) is 0 Å². The van der Waals surface area contributed by atoms with Gasteiger partial charge in [0, 0.05) is 0 Å². The summed E-state index contributed by atoms with van der Waals surface area (Å²) in [6.07, 6.45) is 6.79. The molecule has 0 aliphatic rings. The van der Waals surface area contributed by atoms with Gasteiger partial charge in [-0.3, -0.25) is 0 Å². The van der Waals surface area contributed by atoms with Gasteiger partial charge < -0.3 is 0 Å². The van der Waals surface area contributed by atoms with Gasteiger partial charge in [0.25, 0.3) is 0 Å². The molecular formula is C25H48. The zero-order chi connectivity index (χ0) is 18.3. The van der Waals surface area contributed by atoms with Gasteiger partial charge in [-0.1, -0.05) is 108 Å². The van der Waals surface area contributed by atoms with E-state index in [-0.39, 0.29) is 14.9 Å². The van der Waals surface area contributed by atoms with E-state index in [1.807, 2.05) is 13.8 Å². The quantitative estimate of drug-likeness (QED) is 0.508. The molecule has 148 valence electrons. The third-order valence-corrected chi connectivity index (χ3v) is 4.09. The number of benzene rings is 1. The fourth-order valence-electron chi connectivity index (χ4n) is 2.88. The molecule has 0 saturated carbocycles. The molecule has 0 aliphatic carbocycles. The molecule has 0 heterocycles. The molecule has 0 aliphatic heterocycles. The molecule has 0 nitrogen and oxygen atoms in total. The van der Waals surface area contributed by atoms with E-state index >= 15 is 0 Å². The molecule has 0 spiro atoms. The molecule has 0 heteroatoms. The molecule has 1 aromatic rings. The topological polar surface area (TPSA) is 0 Å². The van der Waals surface area contributed by atoms with E-state index in [1.54, 1.807) is 0 Å². The van der Waals surface area contributed by atoms with Crippen molar-refractivity contribution in [3.8, 4) is 0 Å². The maximum absolute atomic E-state index is 2.40. The van der Waals surface area contributed by atoms with Crippen molar-refractivity contribution in [3.63, 3.8) is 0 Å². The molecule has 0 fully saturated rings. The SMILES string of the molecule is C.C.CC.CC/C=C\c1ccc(C(CC(C)(C)C)C(C)(C)C)cc1C. The van der Waals surface area contributed by atoms with Crippen LogP contribution < -0.4 is 0 Å². The lowest BCUT2D eigenvalue weighted by Crippen LogP contribution is -2.24. The molecule has 0 amide bonds. The molecule has 1 aromatic carbocycles. The summed E-state index contributed by atoms with van der Waals surface area (Å²) in [5.74, 6) is 0.598. The summed E-state index contributed by atoms with van der Waals surface area (Å²) >= 11 is 0. The van der Waals surface area contributed by atoms with Crippen molar-refractivity contribution >= 4 is 6.08 Å². The van der Waals surface area contributed by atoms with Crippen LogP contribution in [0.3, 0.4) is 0 Å². The monoisotopic (exact) mass is 348 g/mol. The molecule has 25 heavy (non-hydrogen) atoms. The third-order valence-electron chi connectivity index (χ3n) is 4.09. The fourth-order valence-corrected chi connectivity index (χ4v) is 2.88. The Balaban J connectivity index is -0.00000116. The Morgan fingerprint density at radius 3 is 1.84 bits per heavy atom. The lowest BCUT2D eigenvalue weighted by atomic mass is 9.69. The number of hydrogen-bond donors (Lipinski definition) is 0. The van der Waals surface area contributed by atoms with Crippen LogP contribution >= 0.6 is 0 Å². The number of hydrogen-bond acceptors (Lipinski definition) is 0. The molecule has 0 saturated heterocycles. The van der Waals surface area contributed by atoms with E-state index in [1.165, 1.54) is 23.1 Å². The van der Waals surface area contributed by atoms with Crippen LogP contribution in [0.15, 0.2) is 24.3 Å². The van der Waals surface area contributed by atoms with Crippen LogP contribution in [0.2, 0.25) is 0 Å². The normalized spacial score (nSPS) is 12.6. The minimum Gasteiger partial charge on any atom is -0.0842 e. The van der Waals surface area contributed by atoms with E-state index in [4.69, 9.17) is 0 Å². The van der Waals surface area contributed by atoms with Gasteiger partial charge >= 0.3 is 0 Å².